The van der Waals surface area contributed by atoms with Crippen LogP contribution >= 0.6 is 11.3 Å². The molecule has 1 aliphatic heterocycles. The summed E-state index contributed by atoms with van der Waals surface area (Å²) in [6.45, 7) is 20.3. The Labute approximate surface area is 296 Å². The van der Waals surface area contributed by atoms with Crippen LogP contribution in [0, 0.1) is 27.2 Å². The normalized spacial score (nSPS) is 17.8. The molecule has 2 aliphatic rings. The monoisotopic (exact) mass is 702 g/mol. The molecule has 1 aliphatic carbocycles. The zero-order chi connectivity index (χ0) is 31.0. The molecule has 1 radical (unpaired) electrons. The SMILES string of the molecule is C=C/C(=C\C=C(/C=C)c1scnc1C)CNC(=O)[C@@H]1CCCN1C(=O)C(NC(=O)C1(N(C)C)CC1)C(C)(C)C.CC.[CH3-].[CH3-].[Y]. The van der Waals surface area contributed by atoms with E-state index in [1.807, 2.05) is 72.7 Å². The molecular formula is C34H55N5O3SY-2. The molecule has 3 rings (SSSR count). The number of nitrogens with zero attached hydrogens (tertiary/aromatic N) is 3. The predicted octanol–water partition coefficient (Wildman–Crippen LogP) is 5.79. The van der Waals surface area contributed by atoms with Crippen LogP contribution in [0.1, 0.15) is 70.9 Å². The smallest absolute Gasteiger partial charge is 0.246 e. The van der Waals surface area contributed by atoms with E-state index in [1.54, 1.807) is 33.9 Å². The number of likely N-dealkylation sites (tertiary alicyclic amines) is 1. The van der Waals surface area contributed by atoms with Crippen molar-refractivity contribution in [3.05, 3.63) is 74.0 Å². The van der Waals surface area contributed by atoms with E-state index in [-0.39, 0.29) is 71.8 Å². The van der Waals surface area contributed by atoms with Gasteiger partial charge in [-0.15, -0.1) is 11.3 Å². The van der Waals surface area contributed by atoms with Crippen LogP contribution in [0.25, 0.3) is 5.57 Å². The van der Waals surface area contributed by atoms with E-state index in [9.17, 15) is 14.4 Å². The predicted molar refractivity (Wildman–Crippen MR) is 182 cm³/mol. The molecule has 1 saturated heterocycles. The van der Waals surface area contributed by atoms with Crippen LogP contribution in [-0.2, 0) is 47.1 Å². The van der Waals surface area contributed by atoms with Gasteiger partial charge in [-0.05, 0) is 63.3 Å². The topological polar surface area (TPSA) is 94.6 Å². The summed E-state index contributed by atoms with van der Waals surface area (Å²) in [4.78, 5) is 49.1. The van der Waals surface area contributed by atoms with Crippen molar-refractivity contribution in [2.75, 3.05) is 27.2 Å². The standard InChI is InChI=1S/C30H43N5O3S.C2H6.2CH3.Y/c1-9-21(13-14-22(10-2)24-20(3)32-19-39-24)18-31-26(36)23-12-11-17-35(23)27(37)25(29(4,5)6)33-28(38)30(15-16-30)34(7)8;1-2;;;/h9-10,13-14,19,23,25H,1-2,11-12,15-18H2,3-8H3,(H,31,36)(H,33,38);1-2H3;2*1H3;/q;;2*-1;/b21-13+,22-14+;;;;/t23-,25?;;;;/m0..../s1. The van der Waals surface area contributed by atoms with Gasteiger partial charge >= 0.3 is 0 Å². The largest absolute Gasteiger partial charge is 0.358 e. The van der Waals surface area contributed by atoms with E-state index < -0.39 is 23.0 Å². The summed E-state index contributed by atoms with van der Waals surface area (Å²) in [5, 5.41) is 6.03. The van der Waals surface area contributed by atoms with Crippen molar-refractivity contribution in [1.29, 1.82) is 0 Å². The van der Waals surface area contributed by atoms with E-state index in [1.165, 1.54) is 0 Å². The number of hydrogen-bond donors (Lipinski definition) is 2. The zero-order valence-corrected chi connectivity index (χ0v) is 32.4. The number of carbonyl (C=O) groups excluding carboxylic acids is 3. The molecule has 10 heteroatoms. The van der Waals surface area contributed by atoms with Gasteiger partial charge in [-0.3, -0.25) is 19.3 Å². The summed E-state index contributed by atoms with van der Waals surface area (Å²) in [5.74, 6) is -0.533. The molecule has 2 N–H and O–H groups in total. The fourth-order valence-corrected chi connectivity index (χ4v) is 5.72. The number of likely N-dealkylation sites (N-methyl/N-ethyl adjacent to an activating group) is 1. The second kappa shape index (κ2) is 19.6. The van der Waals surface area contributed by atoms with Gasteiger partial charge in [0.25, 0.3) is 0 Å². The van der Waals surface area contributed by atoms with Gasteiger partial charge in [0.15, 0.2) is 0 Å². The number of aromatic nitrogens is 1. The van der Waals surface area contributed by atoms with Crippen molar-refractivity contribution >= 4 is 34.6 Å². The summed E-state index contributed by atoms with van der Waals surface area (Å²) >= 11 is 1.55. The molecule has 1 aromatic heterocycles. The van der Waals surface area contributed by atoms with Crippen LogP contribution in [0.4, 0.5) is 0 Å². The van der Waals surface area contributed by atoms with Crippen LogP contribution in [0.3, 0.4) is 0 Å². The quantitative estimate of drug-likeness (QED) is 0.225. The molecule has 0 spiro atoms. The van der Waals surface area contributed by atoms with Crippen LogP contribution in [-0.4, -0.2) is 77.3 Å². The first kappa shape index (κ1) is 44.2. The second-order valence-corrected chi connectivity index (χ2v) is 12.5. The Bertz CT molecular complexity index is 1180. The molecule has 245 valence electrons. The van der Waals surface area contributed by atoms with Crippen LogP contribution in [0.15, 0.2) is 48.5 Å². The number of allylic oxidation sites excluding steroid dienone is 4. The van der Waals surface area contributed by atoms with Gasteiger partial charge in [-0.2, -0.15) is 0 Å². The number of carbonyl (C=O) groups is 3. The maximum Gasteiger partial charge on any atom is 0.246 e. The average molecular weight is 703 g/mol. The Hall–Kier alpha value is -1.94. The summed E-state index contributed by atoms with van der Waals surface area (Å²) in [7, 11) is 3.78. The molecule has 44 heavy (non-hydrogen) atoms. The molecule has 3 amide bonds. The fraction of sp³-hybridized carbons (Fsp3) is 0.529. The van der Waals surface area contributed by atoms with Gasteiger partial charge in [0, 0.05) is 45.8 Å². The number of nitrogens with one attached hydrogen (secondary N) is 2. The number of aryl methyl sites for hydroxylation is 1. The van der Waals surface area contributed by atoms with Crippen molar-refractivity contribution in [3.8, 4) is 0 Å². The van der Waals surface area contributed by atoms with E-state index >= 15 is 0 Å². The molecule has 2 heterocycles. The van der Waals surface area contributed by atoms with Gasteiger partial charge in [-0.25, -0.2) is 4.98 Å². The number of hydrogen-bond acceptors (Lipinski definition) is 6. The first-order valence-electron chi connectivity index (χ1n) is 14.5. The van der Waals surface area contributed by atoms with E-state index in [4.69, 9.17) is 0 Å². The van der Waals surface area contributed by atoms with E-state index in [0.717, 1.165) is 41.0 Å². The Balaban J connectivity index is 0. The molecule has 0 aromatic carbocycles. The molecule has 1 unspecified atom stereocenters. The Morgan fingerprint density at radius 3 is 2.23 bits per heavy atom. The second-order valence-electron chi connectivity index (χ2n) is 11.6. The first-order valence-corrected chi connectivity index (χ1v) is 15.4. The number of amides is 3. The summed E-state index contributed by atoms with van der Waals surface area (Å²) < 4.78 is 0. The van der Waals surface area contributed by atoms with Gasteiger partial charge in [0.2, 0.25) is 17.7 Å². The Morgan fingerprint density at radius 2 is 1.77 bits per heavy atom. The molecule has 0 bridgehead atoms. The summed E-state index contributed by atoms with van der Waals surface area (Å²) in [6, 6.07) is -1.30. The first-order chi connectivity index (χ1) is 19.4. The third-order valence-electron chi connectivity index (χ3n) is 7.66. The van der Waals surface area contributed by atoms with Crippen LogP contribution in [0.5, 0.6) is 0 Å². The zero-order valence-electron chi connectivity index (χ0n) is 28.8. The Kier molecular flexibility index (Phi) is 19.6. The summed E-state index contributed by atoms with van der Waals surface area (Å²) in [5.41, 5.74) is 3.47. The molecular weight excluding hydrogens is 647 g/mol. The van der Waals surface area contributed by atoms with Gasteiger partial charge in [0.1, 0.15) is 12.1 Å². The van der Waals surface area contributed by atoms with E-state index in [2.05, 4.69) is 28.8 Å². The fourth-order valence-electron chi connectivity index (χ4n) is 4.90. The van der Waals surface area contributed by atoms with Gasteiger partial charge < -0.3 is 30.4 Å². The minimum absolute atomic E-state index is 0. The van der Waals surface area contributed by atoms with Crippen molar-refractivity contribution < 1.29 is 47.1 Å². The maximum atomic E-state index is 13.8. The Morgan fingerprint density at radius 1 is 1.16 bits per heavy atom. The summed E-state index contributed by atoms with van der Waals surface area (Å²) in [6.07, 6.45) is 10.2. The third kappa shape index (κ3) is 10.9. The van der Waals surface area contributed by atoms with Crippen molar-refractivity contribution in [3.63, 3.8) is 0 Å². The minimum atomic E-state index is -0.725. The van der Waals surface area contributed by atoms with Gasteiger partial charge in [-0.1, -0.05) is 72.1 Å². The molecule has 8 nitrogen and oxygen atoms in total. The average Bonchev–Trinajstić information content (AvgIpc) is 3.43. The van der Waals surface area contributed by atoms with Crippen LogP contribution < -0.4 is 10.6 Å². The number of thiazole rings is 1. The third-order valence-corrected chi connectivity index (χ3v) is 8.64. The number of rotatable bonds is 11. The molecule has 1 saturated carbocycles. The van der Waals surface area contributed by atoms with Crippen molar-refractivity contribution in [2.45, 2.75) is 84.8 Å². The maximum absolute atomic E-state index is 13.8. The van der Waals surface area contributed by atoms with Crippen molar-refractivity contribution in [2.24, 2.45) is 5.41 Å². The molecule has 2 fully saturated rings. The molecule has 1 aromatic rings. The van der Waals surface area contributed by atoms with E-state index in [0.29, 0.717) is 13.0 Å². The van der Waals surface area contributed by atoms with Crippen LogP contribution in [0.2, 0.25) is 0 Å². The minimum Gasteiger partial charge on any atom is -0.358 e. The van der Waals surface area contributed by atoms with Crippen molar-refractivity contribution in [1.82, 2.24) is 25.4 Å². The molecule has 2 atom stereocenters. The van der Waals surface area contributed by atoms with Gasteiger partial charge in [0.05, 0.1) is 21.6 Å².